The minimum atomic E-state index is -4.38. The van der Waals surface area contributed by atoms with E-state index in [1.165, 1.54) is 12.1 Å². The third-order valence-electron chi connectivity index (χ3n) is 3.81. The van der Waals surface area contributed by atoms with Crippen LogP contribution in [0.2, 0.25) is 0 Å². The molecular weight excluding hydrogens is 335 g/mol. The number of benzene rings is 1. The van der Waals surface area contributed by atoms with Gasteiger partial charge in [-0.2, -0.15) is 18.3 Å². The fraction of sp³-hybridized carbons (Fsp3) is 0.412. The smallest absolute Gasteiger partial charge is 0.416 e. The molecule has 0 fully saturated rings. The van der Waals surface area contributed by atoms with Gasteiger partial charge in [0.1, 0.15) is 5.82 Å². The van der Waals surface area contributed by atoms with Gasteiger partial charge in [0.25, 0.3) is 0 Å². The lowest BCUT2D eigenvalue weighted by atomic mass is 10.0. The van der Waals surface area contributed by atoms with Crippen molar-refractivity contribution in [1.29, 1.82) is 0 Å². The van der Waals surface area contributed by atoms with Crippen LogP contribution >= 0.6 is 0 Å². The maximum absolute atomic E-state index is 12.7. The summed E-state index contributed by atoms with van der Waals surface area (Å²) >= 11 is 0. The van der Waals surface area contributed by atoms with Gasteiger partial charge in [0.05, 0.1) is 18.2 Å². The van der Waals surface area contributed by atoms with Crippen molar-refractivity contribution in [3.8, 4) is 0 Å². The number of carboxylic acids is 1. The van der Waals surface area contributed by atoms with Gasteiger partial charge in [-0.05, 0) is 24.3 Å². The van der Waals surface area contributed by atoms with Crippen molar-refractivity contribution in [3.63, 3.8) is 0 Å². The lowest BCUT2D eigenvalue weighted by Gasteiger charge is -2.34. The second kappa shape index (κ2) is 7.58. The van der Waals surface area contributed by atoms with Gasteiger partial charge in [0.15, 0.2) is 0 Å². The van der Waals surface area contributed by atoms with Crippen molar-refractivity contribution in [3.05, 3.63) is 42.1 Å². The Bertz CT molecular complexity index is 711. The van der Waals surface area contributed by atoms with Crippen LogP contribution in [0.4, 0.5) is 24.7 Å². The first kappa shape index (κ1) is 18.8. The molecule has 1 N–H and O–H groups in total. The lowest BCUT2D eigenvalue weighted by molar-refractivity contribution is -0.138. The van der Waals surface area contributed by atoms with Gasteiger partial charge in [-0.1, -0.05) is 13.8 Å². The molecule has 1 atom stereocenters. The van der Waals surface area contributed by atoms with Crippen LogP contribution in [0.1, 0.15) is 25.8 Å². The summed E-state index contributed by atoms with van der Waals surface area (Å²) in [6, 6.07) is 6.59. The molecule has 0 bridgehead atoms. The van der Waals surface area contributed by atoms with E-state index in [0.29, 0.717) is 18.8 Å². The van der Waals surface area contributed by atoms with Crippen LogP contribution in [0, 0.1) is 5.92 Å². The summed E-state index contributed by atoms with van der Waals surface area (Å²) in [5.41, 5.74) is -0.135. The number of rotatable bonds is 3. The molecule has 2 heterocycles. The Balaban J connectivity index is 0.00000109. The molecule has 1 aromatic carbocycles. The Labute approximate surface area is 143 Å². The van der Waals surface area contributed by atoms with Crippen molar-refractivity contribution >= 4 is 17.5 Å². The molecule has 25 heavy (non-hydrogen) atoms. The van der Waals surface area contributed by atoms with Crippen molar-refractivity contribution in [2.75, 3.05) is 11.4 Å². The molecule has 0 aliphatic carbocycles. The second-order valence-corrected chi connectivity index (χ2v) is 5.49. The zero-order valence-corrected chi connectivity index (χ0v) is 14.0. The molecule has 0 radical (unpaired) electrons. The number of halogens is 3. The van der Waals surface area contributed by atoms with Gasteiger partial charge in [0, 0.05) is 30.8 Å². The quantitative estimate of drug-likeness (QED) is 0.898. The minimum Gasteiger partial charge on any atom is -0.481 e. The van der Waals surface area contributed by atoms with Crippen molar-refractivity contribution in [1.82, 2.24) is 9.78 Å². The number of nitrogens with zero attached hydrogens (tertiary/aromatic N) is 3. The standard InChI is InChI=1S/C15H14F3N3O2.C2H6/c16-15(17,18)11-1-3-12(4-2-11)20-8-10(7-14(22)23)9-21-13(20)5-6-19-21;1-2/h1-6,10H,7-9H2,(H,22,23);1-2H3. The third kappa shape index (κ3) is 4.32. The van der Waals surface area contributed by atoms with E-state index in [-0.39, 0.29) is 12.3 Å². The summed E-state index contributed by atoms with van der Waals surface area (Å²) in [6.45, 7) is 4.90. The van der Waals surface area contributed by atoms with E-state index in [4.69, 9.17) is 5.11 Å². The van der Waals surface area contributed by atoms with E-state index in [2.05, 4.69) is 5.10 Å². The number of hydrogen-bond donors (Lipinski definition) is 1. The molecule has 1 aliphatic heterocycles. The number of carboxylic acid groups (broad SMARTS) is 1. The highest BCUT2D eigenvalue weighted by molar-refractivity contribution is 5.68. The highest BCUT2D eigenvalue weighted by atomic mass is 19.4. The first-order valence-electron chi connectivity index (χ1n) is 8.03. The molecule has 1 unspecified atom stereocenters. The van der Waals surface area contributed by atoms with Crippen LogP contribution in [-0.4, -0.2) is 27.4 Å². The summed E-state index contributed by atoms with van der Waals surface area (Å²) in [6.07, 6.45) is -2.81. The zero-order valence-electron chi connectivity index (χ0n) is 14.0. The SMILES string of the molecule is CC.O=C(O)CC1CN(c2ccc(C(F)(F)F)cc2)c2ccnn2C1. The second-order valence-electron chi connectivity index (χ2n) is 5.49. The molecule has 0 saturated carbocycles. The first-order valence-corrected chi connectivity index (χ1v) is 8.03. The Morgan fingerprint density at radius 2 is 1.84 bits per heavy atom. The molecule has 0 saturated heterocycles. The monoisotopic (exact) mass is 355 g/mol. The average molecular weight is 355 g/mol. The van der Waals surface area contributed by atoms with E-state index in [0.717, 1.165) is 18.0 Å². The van der Waals surface area contributed by atoms with Gasteiger partial charge in [-0.15, -0.1) is 0 Å². The third-order valence-corrected chi connectivity index (χ3v) is 3.81. The number of aliphatic carboxylic acids is 1. The van der Waals surface area contributed by atoms with Crippen LogP contribution in [0.25, 0.3) is 0 Å². The van der Waals surface area contributed by atoms with E-state index in [1.54, 1.807) is 21.8 Å². The largest absolute Gasteiger partial charge is 0.481 e. The summed E-state index contributed by atoms with van der Waals surface area (Å²) < 4.78 is 39.7. The molecule has 0 amide bonds. The average Bonchev–Trinajstić information content (AvgIpc) is 3.03. The van der Waals surface area contributed by atoms with Crippen LogP contribution in [-0.2, 0) is 17.5 Å². The molecule has 3 rings (SSSR count). The van der Waals surface area contributed by atoms with Gasteiger partial charge in [-0.25, -0.2) is 4.68 Å². The fourth-order valence-corrected chi connectivity index (χ4v) is 2.79. The number of alkyl halides is 3. The van der Waals surface area contributed by atoms with Crippen LogP contribution < -0.4 is 4.90 Å². The molecule has 136 valence electrons. The predicted octanol–water partition coefficient (Wildman–Crippen LogP) is 4.17. The minimum absolute atomic E-state index is 0.0174. The molecule has 1 aromatic heterocycles. The van der Waals surface area contributed by atoms with Gasteiger partial charge < -0.3 is 10.0 Å². The van der Waals surface area contributed by atoms with Crippen molar-refractivity contribution < 1.29 is 23.1 Å². The molecular formula is C17H20F3N3O2. The van der Waals surface area contributed by atoms with E-state index in [9.17, 15) is 18.0 Å². The lowest BCUT2D eigenvalue weighted by Crippen LogP contribution is -2.36. The molecule has 2 aromatic rings. The first-order chi connectivity index (χ1) is 11.8. The number of hydrogen-bond acceptors (Lipinski definition) is 3. The van der Waals surface area contributed by atoms with Crippen molar-refractivity contribution in [2.45, 2.75) is 33.0 Å². The van der Waals surface area contributed by atoms with Crippen molar-refractivity contribution in [2.24, 2.45) is 5.92 Å². The Morgan fingerprint density at radius 1 is 1.20 bits per heavy atom. The maximum Gasteiger partial charge on any atom is 0.416 e. The highest BCUT2D eigenvalue weighted by Crippen LogP contribution is 2.34. The van der Waals surface area contributed by atoms with Gasteiger partial charge >= 0.3 is 12.1 Å². The molecule has 5 nitrogen and oxygen atoms in total. The van der Waals surface area contributed by atoms with Gasteiger partial charge in [0.2, 0.25) is 0 Å². The van der Waals surface area contributed by atoms with Gasteiger partial charge in [-0.3, -0.25) is 4.79 Å². The molecule has 0 spiro atoms. The summed E-state index contributed by atoms with van der Waals surface area (Å²) in [5, 5.41) is 13.1. The van der Waals surface area contributed by atoms with E-state index < -0.39 is 17.7 Å². The van der Waals surface area contributed by atoms with Crippen LogP contribution in [0.5, 0.6) is 0 Å². The van der Waals surface area contributed by atoms with Crippen LogP contribution in [0.3, 0.4) is 0 Å². The number of aromatic nitrogens is 2. The molecule has 1 aliphatic rings. The Kier molecular flexibility index (Phi) is 5.71. The molecule has 8 heteroatoms. The summed E-state index contributed by atoms with van der Waals surface area (Å²) in [5.74, 6) is -0.327. The number of carbonyl (C=O) groups is 1. The Morgan fingerprint density at radius 3 is 2.40 bits per heavy atom. The zero-order chi connectivity index (χ0) is 18.6. The predicted molar refractivity (Wildman–Crippen MR) is 87.8 cm³/mol. The maximum atomic E-state index is 12.7. The normalized spacial score (nSPS) is 16.7. The number of anilines is 2. The highest BCUT2D eigenvalue weighted by Gasteiger charge is 2.31. The fourth-order valence-electron chi connectivity index (χ4n) is 2.79. The Hall–Kier alpha value is -2.51. The van der Waals surface area contributed by atoms with E-state index >= 15 is 0 Å². The number of fused-ring (bicyclic) bond motifs is 1. The summed E-state index contributed by atoms with van der Waals surface area (Å²) in [4.78, 5) is 12.7. The van der Waals surface area contributed by atoms with Crippen LogP contribution in [0.15, 0.2) is 36.5 Å². The topological polar surface area (TPSA) is 58.4 Å². The summed E-state index contributed by atoms with van der Waals surface area (Å²) in [7, 11) is 0. The van der Waals surface area contributed by atoms with E-state index in [1.807, 2.05) is 13.8 Å².